The van der Waals surface area contributed by atoms with Crippen LogP contribution in [0.4, 0.5) is 0 Å². The molecule has 332 valence electrons. The third-order valence-electron chi connectivity index (χ3n) is 17.4. The summed E-state index contributed by atoms with van der Waals surface area (Å²) in [6, 6.07) is 0. The van der Waals surface area contributed by atoms with E-state index < -0.39 is 125 Å². The highest BCUT2D eigenvalue weighted by Crippen LogP contribution is 2.75. The number of aliphatic hydroxyl groups is 6. The zero-order valence-electron chi connectivity index (χ0n) is 34.5. The van der Waals surface area contributed by atoms with Crippen molar-refractivity contribution in [3.8, 4) is 0 Å². The summed E-state index contributed by atoms with van der Waals surface area (Å²) in [5, 5.41) is 94.3. The molecule has 7 rings (SSSR count). The molecular weight excluding hydrogens is 776 g/mol. The zero-order chi connectivity index (χ0) is 43.6. The third-order valence-corrected chi connectivity index (χ3v) is 17.4. The van der Waals surface area contributed by atoms with Gasteiger partial charge in [0, 0.05) is 11.3 Å². The maximum atomic E-state index is 14.9. The van der Waals surface area contributed by atoms with Crippen LogP contribution in [0.5, 0.6) is 0 Å². The van der Waals surface area contributed by atoms with Gasteiger partial charge in [0.1, 0.15) is 36.6 Å². The number of carbonyl (C=O) groups excluding carboxylic acids is 1. The fourth-order valence-electron chi connectivity index (χ4n) is 13.4. The maximum absolute atomic E-state index is 14.9. The Hall–Kier alpha value is -2.58. The minimum absolute atomic E-state index is 0.0119. The van der Waals surface area contributed by atoms with Gasteiger partial charge < -0.3 is 64.9 Å². The monoisotopic (exact) mass is 838 g/mol. The minimum Gasteiger partial charge on any atom is -0.481 e. The first-order valence-electron chi connectivity index (χ1n) is 20.9. The average molecular weight is 839 g/mol. The van der Waals surface area contributed by atoms with Gasteiger partial charge in [-0.05, 0) is 104 Å². The molecule has 0 aromatic carbocycles. The highest BCUT2D eigenvalue weighted by Gasteiger charge is 2.71. The fourth-order valence-corrected chi connectivity index (χ4v) is 13.4. The summed E-state index contributed by atoms with van der Waals surface area (Å²) in [7, 11) is 0. The minimum atomic E-state index is -2.10. The van der Waals surface area contributed by atoms with Crippen molar-refractivity contribution >= 4 is 23.7 Å². The smallest absolute Gasteiger partial charge is 0.335 e. The number of rotatable bonds is 8. The Bertz CT molecular complexity index is 1750. The molecule has 2 aliphatic heterocycles. The normalized spacial score (nSPS) is 53.5. The number of ether oxygens (including phenoxy) is 4. The molecule has 4 saturated carbocycles. The third kappa shape index (κ3) is 6.46. The number of allylic oxidation sites excluding steroid dienone is 2. The van der Waals surface area contributed by atoms with Gasteiger partial charge in [0.15, 0.2) is 30.6 Å². The first-order valence-corrected chi connectivity index (χ1v) is 20.9. The number of ketones is 1. The summed E-state index contributed by atoms with van der Waals surface area (Å²) < 4.78 is 23.2. The van der Waals surface area contributed by atoms with Gasteiger partial charge in [0.05, 0.1) is 18.1 Å². The lowest BCUT2D eigenvalue weighted by atomic mass is 9.33. The van der Waals surface area contributed by atoms with Crippen molar-refractivity contribution < 1.29 is 84.1 Å². The van der Waals surface area contributed by atoms with Crippen LogP contribution >= 0.6 is 0 Å². The molecule has 5 aliphatic carbocycles. The van der Waals surface area contributed by atoms with Crippen LogP contribution in [0.25, 0.3) is 0 Å². The van der Waals surface area contributed by atoms with E-state index in [2.05, 4.69) is 27.7 Å². The Balaban J connectivity index is 1.19. The Labute approximate surface area is 342 Å². The number of carbonyl (C=O) groups is 4. The van der Waals surface area contributed by atoms with Crippen molar-refractivity contribution in [1.82, 2.24) is 0 Å². The van der Waals surface area contributed by atoms with E-state index in [0.29, 0.717) is 32.1 Å². The molecule has 0 radical (unpaired) electrons. The van der Waals surface area contributed by atoms with E-state index in [4.69, 9.17) is 18.9 Å². The van der Waals surface area contributed by atoms with Gasteiger partial charge in [-0.3, -0.25) is 9.59 Å². The number of hydrogen-bond acceptors (Lipinski definition) is 14. The molecule has 6 fully saturated rings. The van der Waals surface area contributed by atoms with Crippen LogP contribution in [0.3, 0.4) is 0 Å². The Morgan fingerprint density at radius 2 is 1.32 bits per heavy atom. The molecule has 7 aliphatic rings. The molecular formula is C42H62O17. The van der Waals surface area contributed by atoms with Crippen LogP contribution in [0.2, 0.25) is 0 Å². The van der Waals surface area contributed by atoms with E-state index >= 15 is 0 Å². The molecule has 2 heterocycles. The molecule has 3 unspecified atom stereocenters. The van der Waals surface area contributed by atoms with Crippen LogP contribution in [0.1, 0.15) is 99.3 Å². The predicted octanol–water partition coefficient (Wildman–Crippen LogP) is 1.22. The Morgan fingerprint density at radius 3 is 1.92 bits per heavy atom. The van der Waals surface area contributed by atoms with E-state index in [1.165, 1.54) is 0 Å². The number of carboxylic acids is 3. The Kier molecular flexibility index (Phi) is 11.1. The molecule has 0 amide bonds. The van der Waals surface area contributed by atoms with Gasteiger partial charge in [0.2, 0.25) is 0 Å². The zero-order valence-corrected chi connectivity index (χ0v) is 34.5. The van der Waals surface area contributed by atoms with Crippen molar-refractivity contribution in [2.24, 2.45) is 50.2 Å². The van der Waals surface area contributed by atoms with Crippen LogP contribution in [-0.4, -0.2) is 144 Å². The maximum Gasteiger partial charge on any atom is 0.335 e. The molecule has 17 nitrogen and oxygen atoms in total. The SMILES string of the molecule is C[C@]1(C(=O)O)CC[C@]2(C)CC[C@@]3(C)C(=CC(=O)[C@@H]4[C@@]5(C)CC[C@H](OC6O[C@H](C(=O)O)[C@@H](O)[C@H](O)C6OC6O[C@H](C(=O)O)[C@@H](O)[C@H](O)[C@H]6O)[C@](C)(CO)[C@@H]5CC[C@]43C)[C@H]2C1. The van der Waals surface area contributed by atoms with Crippen LogP contribution in [-0.2, 0) is 38.1 Å². The van der Waals surface area contributed by atoms with Crippen molar-refractivity contribution in [2.45, 2.75) is 167 Å². The quantitative estimate of drug-likeness (QED) is 0.155. The van der Waals surface area contributed by atoms with Crippen molar-refractivity contribution in [3.05, 3.63) is 11.6 Å². The topological polar surface area (TPSA) is 287 Å². The van der Waals surface area contributed by atoms with E-state index in [1.807, 2.05) is 19.9 Å². The number of aliphatic hydroxyl groups excluding tert-OH is 6. The van der Waals surface area contributed by atoms with Crippen molar-refractivity contribution in [2.75, 3.05) is 6.61 Å². The number of fused-ring (bicyclic) bond motifs is 7. The largest absolute Gasteiger partial charge is 0.481 e. The van der Waals surface area contributed by atoms with Gasteiger partial charge in [-0.1, -0.05) is 40.2 Å². The second-order valence-corrected chi connectivity index (χ2v) is 20.5. The molecule has 9 N–H and O–H groups in total. The first-order chi connectivity index (χ1) is 27.3. The summed E-state index contributed by atoms with van der Waals surface area (Å²) in [4.78, 5) is 51.4. The molecule has 59 heavy (non-hydrogen) atoms. The lowest BCUT2D eigenvalue weighted by Crippen LogP contribution is -2.69. The van der Waals surface area contributed by atoms with Gasteiger partial charge in [-0.25, -0.2) is 9.59 Å². The molecule has 0 bridgehead atoms. The van der Waals surface area contributed by atoms with E-state index in [-0.39, 0.29) is 29.5 Å². The highest BCUT2D eigenvalue weighted by molar-refractivity contribution is 5.95. The number of aliphatic carboxylic acids is 3. The summed E-state index contributed by atoms with van der Waals surface area (Å²) >= 11 is 0. The molecule has 20 atom stereocenters. The van der Waals surface area contributed by atoms with E-state index in [0.717, 1.165) is 24.8 Å². The summed E-state index contributed by atoms with van der Waals surface area (Å²) in [5.41, 5.74) is -2.63. The molecule has 0 aromatic rings. The molecule has 17 heteroatoms. The van der Waals surface area contributed by atoms with Crippen LogP contribution in [0.15, 0.2) is 11.6 Å². The second-order valence-electron chi connectivity index (χ2n) is 20.5. The summed E-state index contributed by atoms with van der Waals surface area (Å²) in [6.45, 7) is 12.0. The van der Waals surface area contributed by atoms with Crippen molar-refractivity contribution in [3.63, 3.8) is 0 Å². The second kappa shape index (κ2) is 14.8. The van der Waals surface area contributed by atoms with Gasteiger partial charge >= 0.3 is 17.9 Å². The van der Waals surface area contributed by atoms with Crippen molar-refractivity contribution in [1.29, 1.82) is 0 Å². The van der Waals surface area contributed by atoms with Gasteiger partial charge in [0.25, 0.3) is 0 Å². The predicted molar refractivity (Wildman–Crippen MR) is 201 cm³/mol. The van der Waals surface area contributed by atoms with Gasteiger partial charge in [-0.2, -0.15) is 0 Å². The molecule has 2 saturated heterocycles. The number of carboxylic acid groups (broad SMARTS) is 3. The summed E-state index contributed by atoms with van der Waals surface area (Å²) in [6.07, 6.45) is -13.8. The number of hydrogen-bond donors (Lipinski definition) is 9. The standard InChI is InChI=1S/C42H62O17/c1-37-11-12-38(2,36(54)55)16-19(37)18-15-20(44)31-39(3)9-8-22(40(4,17-43)21(39)7-10-42(31,6)41(18,5)14-13-37)56-35-30(26(48)25(47)29(58-35)33(52)53)59-34-27(49)23(45)24(46)28(57-34)32(50)51/h15,19,21-31,34-35,43,45-49H,7-14,16-17H2,1-6H3,(H,50,51)(H,52,53)(H,54,55)/t19-,21-,22+,23+,24+,25+,26+,27-,28+,29+,30?,31-,34?,35?,37-,38+,39+,40-,41+,42-/m1/s1. The van der Waals surface area contributed by atoms with Gasteiger partial charge in [-0.15, -0.1) is 0 Å². The summed E-state index contributed by atoms with van der Waals surface area (Å²) in [5.74, 6) is -5.02. The lowest BCUT2D eigenvalue weighted by molar-refractivity contribution is -0.372. The van der Waals surface area contributed by atoms with Crippen LogP contribution < -0.4 is 0 Å². The van der Waals surface area contributed by atoms with E-state index in [9.17, 15) is 65.1 Å². The van der Waals surface area contributed by atoms with Crippen LogP contribution in [0, 0.1) is 50.2 Å². The van der Waals surface area contributed by atoms with E-state index in [1.54, 1.807) is 0 Å². The highest BCUT2D eigenvalue weighted by atomic mass is 16.8. The molecule has 0 aromatic heterocycles. The Morgan fingerprint density at radius 1 is 0.729 bits per heavy atom. The first kappa shape index (κ1) is 44.5. The lowest BCUT2D eigenvalue weighted by Gasteiger charge is -2.70. The average Bonchev–Trinajstić information content (AvgIpc) is 3.16. The molecule has 0 spiro atoms. The fraction of sp³-hybridized carbons (Fsp3) is 0.857.